The highest BCUT2D eigenvalue weighted by atomic mass is 19.2. The third-order valence-corrected chi connectivity index (χ3v) is 2.45. The van der Waals surface area contributed by atoms with Gasteiger partial charge in [0.05, 0.1) is 0 Å². The Bertz CT molecular complexity index is 623. The number of carbonyl (C=O) groups is 1. The summed E-state index contributed by atoms with van der Waals surface area (Å²) in [5.74, 6) is -4.54. The van der Waals surface area contributed by atoms with Gasteiger partial charge >= 0.3 is 0 Å². The maximum Gasteiger partial charge on any atom is 0.159 e. The Morgan fingerprint density at radius 3 is 2.00 bits per heavy atom. The molecule has 0 bridgehead atoms. The lowest BCUT2D eigenvalue weighted by Crippen LogP contribution is -1.94. The minimum Gasteiger partial charge on any atom is -0.298 e. The van der Waals surface area contributed by atoms with Crippen molar-refractivity contribution in [3.8, 4) is 11.1 Å². The fraction of sp³-hybridized carbons (Fsp3) is 0. The van der Waals surface area contributed by atoms with Crippen molar-refractivity contribution in [2.45, 2.75) is 0 Å². The molecule has 0 N–H and O–H groups in total. The van der Waals surface area contributed by atoms with Gasteiger partial charge in [0.2, 0.25) is 0 Å². The Morgan fingerprint density at radius 2 is 1.39 bits per heavy atom. The van der Waals surface area contributed by atoms with Crippen molar-refractivity contribution in [3.05, 3.63) is 59.2 Å². The fourth-order valence-corrected chi connectivity index (χ4v) is 1.57. The Kier molecular flexibility index (Phi) is 3.14. The van der Waals surface area contributed by atoms with Gasteiger partial charge in [-0.3, -0.25) is 4.79 Å². The van der Waals surface area contributed by atoms with Crippen LogP contribution in [0.4, 0.5) is 17.6 Å². The highest BCUT2D eigenvalue weighted by molar-refractivity contribution is 5.87. The molecule has 2 aromatic carbocycles. The van der Waals surface area contributed by atoms with Crippen LogP contribution in [-0.4, -0.2) is 6.29 Å². The van der Waals surface area contributed by atoms with Gasteiger partial charge in [-0.2, -0.15) is 0 Å². The maximum atomic E-state index is 13.1. The second-order valence-corrected chi connectivity index (χ2v) is 3.60. The minimum atomic E-state index is -1.18. The molecule has 0 saturated carbocycles. The molecule has 0 fully saturated rings. The first-order valence-electron chi connectivity index (χ1n) is 4.92. The van der Waals surface area contributed by atoms with E-state index >= 15 is 0 Å². The van der Waals surface area contributed by atoms with Crippen LogP contribution in [0, 0.1) is 23.3 Å². The SMILES string of the molecule is O=Cc1cc(F)c(F)cc1-c1ccc(F)c(F)c1. The summed E-state index contributed by atoms with van der Waals surface area (Å²) in [7, 11) is 0. The number of aldehydes is 1. The lowest BCUT2D eigenvalue weighted by atomic mass is 10.00. The third-order valence-electron chi connectivity index (χ3n) is 2.45. The Morgan fingerprint density at radius 1 is 0.778 bits per heavy atom. The topological polar surface area (TPSA) is 17.1 Å². The predicted molar refractivity (Wildman–Crippen MR) is 57.1 cm³/mol. The van der Waals surface area contributed by atoms with Gasteiger partial charge in [-0.05, 0) is 35.4 Å². The number of carbonyl (C=O) groups excluding carboxylic acids is 1. The van der Waals surface area contributed by atoms with E-state index < -0.39 is 23.3 Å². The summed E-state index contributed by atoms with van der Waals surface area (Å²) in [6.45, 7) is 0. The second-order valence-electron chi connectivity index (χ2n) is 3.60. The molecule has 0 aromatic heterocycles. The normalized spacial score (nSPS) is 10.4. The molecule has 5 heteroatoms. The average Bonchev–Trinajstić information content (AvgIpc) is 2.35. The molecule has 0 atom stereocenters. The molecule has 18 heavy (non-hydrogen) atoms. The summed E-state index contributed by atoms with van der Waals surface area (Å²) in [6.07, 6.45) is 0.319. The van der Waals surface area contributed by atoms with Crippen molar-refractivity contribution in [3.63, 3.8) is 0 Å². The van der Waals surface area contributed by atoms with Crippen LogP contribution in [0.25, 0.3) is 11.1 Å². The van der Waals surface area contributed by atoms with Crippen LogP contribution in [-0.2, 0) is 0 Å². The van der Waals surface area contributed by atoms with Crippen molar-refractivity contribution in [1.29, 1.82) is 0 Å². The zero-order valence-electron chi connectivity index (χ0n) is 8.88. The minimum absolute atomic E-state index is 0.00259. The molecular formula is C13H6F4O. The molecule has 0 radical (unpaired) electrons. The van der Waals surface area contributed by atoms with Crippen LogP contribution in [0.2, 0.25) is 0 Å². The molecule has 0 saturated heterocycles. The lowest BCUT2D eigenvalue weighted by Gasteiger charge is -2.06. The molecule has 0 heterocycles. The van der Waals surface area contributed by atoms with Crippen LogP contribution in [0.15, 0.2) is 30.3 Å². The zero-order chi connectivity index (χ0) is 13.3. The Labute approximate surface area is 99.7 Å². The molecule has 2 aromatic rings. The van der Waals surface area contributed by atoms with Gasteiger partial charge in [0.25, 0.3) is 0 Å². The number of halogens is 4. The Balaban J connectivity index is 2.65. The van der Waals surface area contributed by atoms with E-state index in [0.29, 0.717) is 12.4 Å². The molecule has 0 amide bonds. The summed E-state index contributed by atoms with van der Waals surface area (Å²) in [4.78, 5) is 10.8. The maximum absolute atomic E-state index is 13.1. The van der Waals surface area contributed by atoms with Gasteiger partial charge in [0, 0.05) is 5.56 Å². The van der Waals surface area contributed by atoms with Crippen molar-refractivity contribution in [1.82, 2.24) is 0 Å². The van der Waals surface area contributed by atoms with Crippen molar-refractivity contribution >= 4 is 6.29 Å². The lowest BCUT2D eigenvalue weighted by molar-refractivity contribution is 0.112. The van der Waals surface area contributed by atoms with Crippen LogP contribution >= 0.6 is 0 Å². The largest absolute Gasteiger partial charge is 0.298 e. The molecule has 2 rings (SSSR count). The van der Waals surface area contributed by atoms with Gasteiger partial charge in [-0.25, -0.2) is 17.6 Å². The summed E-state index contributed by atoms with van der Waals surface area (Å²) < 4.78 is 51.9. The standard InChI is InChI=1S/C13H6F4O/c14-10-2-1-7(3-11(10)15)9-5-13(17)12(16)4-8(9)6-18/h1-6H. The van der Waals surface area contributed by atoms with Crippen LogP contribution in [0.3, 0.4) is 0 Å². The number of hydrogen-bond acceptors (Lipinski definition) is 1. The van der Waals surface area contributed by atoms with Gasteiger partial charge in [0.15, 0.2) is 29.6 Å². The molecular weight excluding hydrogens is 248 g/mol. The summed E-state index contributed by atoms with van der Waals surface area (Å²) in [5.41, 5.74) is -0.0439. The number of hydrogen-bond donors (Lipinski definition) is 0. The Hall–Kier alpha value is -2.17. The van der Waals surface area contributed by atoms with Gasteiger partial charge in [0.1, 0.15) is 0 Å². The first-order chi connectivity index (χ1) is 8.52. The van der Waals surface area contributed by atoms with Gasteiger partial charge < -0.3 is 0 Å². The molecule has 92 valence electrons. The van der Waals surface area contributed by atoms with E-state index in [4.69, 9.17) is 0 Å². The van der Waals surface area contributed by atoms with Crippen LogP contribution in [0.5, 0.6) is 0 Å². The first kappa shape index (κ1) is 12.3. The van der Waals surface area contributed by atoms with E-state index in [2.05, 4.69) is 0 Å². The van der Waals surface area contributed by atoms with Crippen LogP contribution < -0.4 is 0 Å². The average molecular weight is 254 g/mol. The van der Waals surface area contributed by atoms with Crippen LogP contribution in [0.1, 0.15) is 10.4 Å². The smallest absolute Gasteiger partial charge is 0.159 e. The molecule has 1 nitrogen and oxygen atoms in total. The summed E-state index contributed by atoms with van der Waals surface area (Å²) in [6, 6.07) is 4.32. The van der Waals surface area contributed by atoms with Gasteiger partial charge in [-0.15, -0.1) is 0 Å². The second kappa shape index (κ2) is 4.60. The van der Waals surface area contributed by atoms with Crippen molar-refractivity contribution in [2.24, 2.45) is 0 Å². The zero-order valence-corrected chi connectivity index (χ0v) is 8.88. The molecule has 0 aliphatic carbocycles. The number of benzene rings is 2. The summed E-state index contributed by atoms with van der Waals surface area (Å²) in [5, 5.41) is 0. The quantitative estimate of drug-likeness (QED) is 0.589. The molecule has 0 aliphatic rings. The monoisotopic (exact) mass is 254 g/mol. The van der Waals surface area contributed by atoms with Crippen molar-refractivity contribution in [2.75, 3.05) is 0 Å². The van der Waals surface area contributed by atoms with E-state index in [1.54, 1.807) is 0 Å². The van der Waals surface area contributed by atoms with Gasteiger partial charge in [-0.1, -0.05) is 6.07 Å². The summed E-state index contributed by atoms with van der Waals surface area (Å²) >= 11 is 0. The highest BCUT2D eigenvalue weighted by Gasteiger charge is 2.12. The van der Waals surface area contributed by atoms with E-state index in [9.17, 15) is 22.4 Å². The van der Waals surface area contributed by atoms with E-state index in [1.165, 1.54) is 6.07 Å². The fourth-order valence-electron chi connectivity index (χ4n) is 1.57. The number of rotatable bonds is 2. The molecule has 0 unspecified atom stereocenters. The predicted octanol–water partition coefficient (Wildman–Crippen LogP) is 3.72. The van der Waals surface area contributed by atoms with Crippen molar-refractivity contribution < 1.29 is 22.4 Å². The van der Waals surface area contributed by atoms with E-state index in [1.807, 2.05) is 0 Å². The molecule has 0 spiro atoms. The van der Waals surface area contributed by atoms with E-state index in [0.717, 1.165) is 18.2 Å². The highest BCUT2D eigenvalue weighted by Crippen LogP contribution is 2.26. The molecule has 0 aliphatic heterocycles. The third kappa shape index (κ3) is 2.11. The first-order valence-corrected chi connectivity index (χ1v) is 4.92. The van der Waals surface area contributed by atoms with E-state index in [-0.39, 0.29) is 16.7 Å².